The number of hydrogen-bond donors (Lipinski definition) is 1. The highest BCUT2D eigenvalue weighted by Crippen LogP contribution is 2.40. The lowest BCUT2D eigenvalue weighted by Crippen LogP contribution is -2.39. The molecule has 2 aliphatic rings. The highest BCUT2D eigenvalue weighted by atomic mass is 32.2. The summed E-state index contributed by atoms with van der Waals surface area (Å²) < 4.78 is 6.36. The number of anilines is 1. The summed E-state index contributed by atoms with van der Waals surface area (Å²) in [5.74, 6) is 1.50. The minimum Gasteiger partial charge on any atom is -0.452 e. The highest BCUT2D eigenvalue weighted by molar-refractivity contribution is 7.98. The second-order valence-corrected chi connectivity index (χ2v) is 7.59. The fourth-order valence-electron chi connectivity index (χ4n) is 3.68. The van der Waals surface area contributed by atoms with Gasteiger partial charge in [-0.3, -0.25) is 0 Å². The van der Waals surface area contributed by atoms with Gasteiger partial charge in [-0.05, 0) is 38.0 Å². The van der Waals surface area contributed by atoms with E-state index in [-0.39, 0.29) is 6.23 Å². The van der Waals surface area contributed by atoms with Crippen LogP contribution in [0, 0.1) is 11.8 Å². The molecule has 0 fully saturated rings. The van der Waals surface area contributed by atoms with E-state index in [1.165, 1.54) is 17.3 Å². The standard InChI is InChI=1S/C19H22N4OS/c1-11-8-9-13(12(2)10-11)17-20-15-7-5-4-6-14(15)16-18(24-17)21-19(25-3)23-22-16/h4-8,12-13,17,20H,9-10H2,1-3H3. The van der Waals surface area contributed by atoms with Gasteiger partial charge in [-0.2, -0.15) is 4.98 Å². The Hall–Kier alpha value is -2.08. The van der Waals surface area contributed by atoms with Crippen LogP contribution in [0.5, 0.6) is 5.88 Å². The number of benzene rings is 1. The Kier molecular flexibility index (Phi) is 4.37. The molecular weight excluding hydrogens is 332 g/mol. The molecule has 3 unspecified atom stereocenters. The van der Waals surface area contributed by atoms with Gasteiger partial charge in [0.2, 0.25) is 11.0 Å². The zero-order valence-electron chi connectivity index (χ0n) is 14.7. The molecular formula is C19H22N4OS. The molecule has 1 aromatic carbocycles. The summed E-state index contributed by atoms with van der Waals surface area (Å²) in [5, 5.41) is 12.8. The van der Waals surface area contributed by atoms with Gasteiger partial charge in [0.15, 0.2) is 11.9 Å². The van der Waals surface area contributed by atoms with Gasteiger partial charge in [0.05, 0.1) is 0 Å². The molecule has 0 radical (unpaired) electrons. The van der Waals surface area contributed by atoms with E-state index < -0.39 is 0 Å². The van der Waals surface area contributed by atoms with Gasteiger partial charge in [-0.25, -0.2) is 0 Å². The van der Waals surface area contributed by atoms with Crippen LogP contribution in [0.25, 0.3) is 11.3 Å². The number of para-hydroxylation sites is 1. The summed E-state index contributed by atoms with van der Waals surface area (Å²) in [4.78, 5) is 4.59. The quantitative estimate of drug-likeness (QED) is 0.638. The number of allylic oxidation sites excluding steroid dienone is 2. The van der Waals surface area contributed by atoms with E-state index in [4.69, 9.17) is 4.74 Å². The highest BCUT2D eigenvalue weighted by Gasteiger charge is 2.34. The van der Waals surface area contributed by atoms with Crippen molar-refractivity contribution < 1.29 is 4.74 Å². The van der Waals surface area contributed by atoms with Gasteiger partial charge in [-0.1, -0.05) is 48.5 Å². The van der Waals surface area contributed by atoms with Crippen LogP contribution in [0.4, 0.5) is 5.69 Å². The van der Waals surface area contributed by atoms with Crippen LogP contribution in [0.15, 0.2) is 41.1 Å². The first-order valence-corrected chi connectivity index (χ1v) is 9.85. The minimum atomic E-state index is -0.131. The molecule has 3 atom stereocenters. The number of rotatable bonds is 2. The van der Waals surface area contributed by atoms with Gasteiger partial charge < -0.3 is 10.1 Å². The summed E-state index contributed by atoms with van der Waals surface area (Å²) in [6, 6.07) is 8.14. The second-order valence-electron chi connectivity index (χ2n) is 6.81. The maximum Gasteiger partial charge on any atom is 0.247 e. The first-order chi connectivity index (χ1) is 12.2. The average Bonchev–Trinajstić information content (AvgIpc) is 2.77. The number of nitrogens with one attached hydrogen (secondary N) is 1. The van der Waals surface area contributed by atoms with E-state index >= 15 is 0 Å². The van der Waals surface area contributed by atoms with E-state index in [0.717, 1.165) is 24.1 Å². The van der Waals surface area contributed by atoms with Gasteiger partial charge in [-0.15, -0.1) is 10.2 Å². The lowest BCUT2D eigenvalue weighted by atomic mass is 9.80. The predicted octanol–water partition coefficient (Wildman–Crippen LogP) is 4.38. The fraction of sp³-hybridized carbons (Fsp3) is 0.421. The molecule has 1 N–H and O–H groups in total. The predicted molar refractivity (Wildman–Crippen MR) is 101 cm³/mol. The van der Waals surface area contributed by atoms with Crippen molar-refractivity contribution in [2.45, 2.75) is 38.1 Å². The van der Waals surface area contributed by atoms with Crippen molar-refractivity contribution in [1.29, 1.82) is 0 Å². The molecule has 0 amide bonds. The molecule has 1 aliphatic heterocycles. The Labute approximate surface area is 152 Å². The molecule has 130 valence electrons. The summed E-state index contributed by atoms with van der Waals surface area (Å²) in [6.45, 7) is 4.51. The number of ether oxygens (including phenoxy) is 1. The Morgan fingerprint density at radius 2 is 2.08 bits per heavy atom. The van der Waals surface area contributed by atoms with Crippen molar-refractivity contribution in [2.75, 3.05) is 11.6 Å². The molecule has 5 nitrogen and oxygen atoms in total. The average molecular weight is 354 g/mol. The van der Waals surface area contributed by atoms with Crippen LogP contribution in [0.3, 0.4) is 0 Å². The van der Waals surface area contributed by atoms with E-state index in [9.17, 15) is 0 Å². The zero-order chi connectivity index (χ0) is 17.4. The number of hydrogen-bond acceptors (Lipinski definition) is 6. The SMILES string of the molecule is CSc1nnc2c(n1)OC(C1CC=C(C)CC1C)Nc1ccccc1-2. The van der Waals surface area contributed by atoms with Crippen LogP contribution in [-0.4, -0.2) is 27.7 Å². The largest absolute Gasteiger partial charge is 0.452 e. The van der Waals surface area contributed by atoms with Gasteiger partial charge in [0.25, 0.3) is 0 Å². The van der Waals surface area contributed by atoms with Crippen LogP contribution in [-0.2, 0) is 0 Å². The van der Waals surface area contributed by atoms with Crippen molar-refractivity contribution in [3.63, 3.8) is 0 Å². The molecule has 25 heavy (non-hydrogen) atoms. The third kappa shape index (κ3) is 3.11. The van der Waals surface area contributed by atoms with Crippen molar-refractivity contribution in [3.05, 3.63) is 35.9 Å². The van der Waals surface area contributed by atoms with Gasteiger partial charge in [0.1, 0.15) is 0 Å². The first kappa shape index (κ1) is 16.4. The molecule has 6 heteroatoms. The zero-order valence-corrected chi connectivity index (χ0v) is 15.5. The number of thioether (sulfide) groups is 1. The molecule has 0 bridgehead atoms. The maximum absolute atomic E-state index is 6.36. The molecule has 2 heterocycles. The Morgan fingerprint density at radius 1 is 1.24 bits per heavy atom. The number of nitrogens with zero attached hydrogens (tertiary/aromatic N) is 3. The maximum atomic E-state index is 6.36. The van der Waals surface area contributed by atoms with E-state index in [2.05, 4.69) is 46.5 Å². The molecule has 0 saturated carbocycles. The third-order valence-corrected chi connectivity index (χ3v) is 5.58. The van der Waals surface area contributed by atoms with Crippen LogP contribution in [0.1, 0.15) is 26.7 Å². The third-order valence-electron chi connectivity index (χ3n) is 5.04. The monoisotopic (exact) mass is 354 g/mol. The number of fused-ring (bicyclic) bond motifs is 3. The molecule has 4 rings (SSSR count). The lowest BCUT2D eigenvalue weighted by Gasteiger charge is -2.34. The minimum absolute atomic E-state index is 0.131. The molecule has 2 aromatic rings. The van der Waals surface area contributed by atoms with Crippen LogP contribution in [0.2, 0.25) is 0 Å². The molecule has 1 aromatic heterocycles. The van der Waals surface area contributed by atoms with Gasteiger partial charge >= 0.3 is 0 Å². The topological polar surface area (TPSA) is 59.9 Å². The number of aromatic nitrogens is 3. The first-order valence-electron chi connectivity index (χ1n) is 8.62. The smallest absolute Gasteiger partial charge is 0.247 e. The van der Waals surface area contributed by atoms with Gasteiger partial charge in [0, 0.05) is 17.2 Å². The van der Waals surface area contributed by atoms with Crippen LogP contribution >= 0.6 is 11.8 Å². The van der Waals surface area contributed by atoms with E-state index in [0.29, 0.717) is 28.6 Å². The molecule has 0 spiro atoms. The molecule has 1 aliphatic carbocycles. The molecule has 0 saturated heterocycles. The second kappa shape index (κ2) is 6.67. The summed E-state index contributed by atoms with van der Waals surface area (Å²) in [6.07, 6.45) is 6.27. The Bertz CT molecular complexity index is 823. The van der Waals surface area contributed by atoms with Crippen molar-refractivity contribution >= 4 is 17.4 Å². The Morgan fingerprint density at radius 3 is 2.88 bits per heavy atom. The normalized spacial score (nSPS) is 24.9. The van der Waals surface area contributed by atoms with Crippen LogP contribution < -0.4 is 10.1 Å². The Balaban J connectivity index is 1.77. The summed E-state index contributed by atoms with van der Waals surface area (Å²) >= 11 is 1.47. The van der Waals surface area contributed by atoms with Crippen molar-refractivity contribution in [3.8, 4) is 17.1 Å². The van der Waals surface area contributed by atoms with E-state index in [1.54, 1.807) is 0 Å². The van der Waals surface area contributed by atoms with Crippen molar-refractivity contribution in [2.24, 2.45) is 11.8 Å². The van der Waals surface area contributed by atoms with Crippen molar-refractivity contribution in [1.82, 2.24) is 15.2 Å². The van der Waals surface area contributed by atoms with E-state index in [1.807, 2.05) is 24.5 Å². The fourth-order valence-corrected chi connectivity index (χ4v) is 3.98. The lowest BCUT2D eigenvalue weighted by molar-refractivity contribution is 0.114. The summed E-state index contributed by atoms with van der Waals surface area (Å²) in [5.41, 5.74) is 4.19. The summed E-state index contributed by atoms with van der Waals surface area (Å²) in [7, 11) is 0.